The minimum absolute atomic E-state index is 0.0251. The molecule has 1 aliphatic rings. The highest BCUT2D eigenvalue weighted by molar-refractivity contribution is 7.89. The lowest BCUT2D eigenvalue weighted by Crippen LogP contribution is -2.48. The minimum atomic E-state index is -3.61. The molecule has 1 N–H and O–H groups in total. The molecule has 164 valence electrons. The van der Waals surface area contributed by atoms with E-state index in [9.17, 15) is 8.42 Å². The molecule has 8 heteroatoms. The number of anilines is 1. The summed E-state index contributed by atoms with van der Waals surface area (Å²) in [5, 5.41) is 0. The van der Waals surface area contributed by atoms with Crippen LogP contribution in [0.5, 0.6) is 5.75 Å². The van der Waals surface area contributed by atoms with Crippen molar-refractivity contribution in [3.8, 4) is 5.75 Å². The van der Waals surface area contributed by atoms with Crippen molar-refractivity contribution in [2.75, 3.05) is 65.9 Å². The fourth-order valence-corrected chi connectivity index (χ4v) is 4.65. The summed E-state index contributed by atoms with van der Waals surface area (Å²) in [7, 11) is 4.08. The van der Waals surface area contributed by atoms with Gasteiger partial charge in [0.1, 0.15) is 5.75 Å². The molecule has 0 spiro atoms. The number of nitrogens with zero attached hydrogens (tertiary/aromatic N) is 3. The van der Waals surface area contributed by atoms with Gasteiger partial charge in [0.05, 0.1) is 12.0 Å². The maximum atomic E-state index is 12.9. The Morgan fingerprint density at radius 3 is 2.13 bits per heavy atom. The summed E-state index contributed by atoms with van der Waals surface area (Å²) in [5.41, 5.74) is 2.23. The van der Waals surface area contributed by atoms with E-state index in [2.05, 4.69) is 50.7 Å². The summed E-state index contributed by atoms with van der Waals surface area (Å²) in [6, 6.07) is 14.8. The van der Waals surface area contributed by atoms with Crippen LogP contribution in [0.3, 0.4) is 0 Å². The Hall–Kier alpha value is -2.13. The van der Waals surface area contributed by atoms with Crippen LogP contribution in [0.25, 0.3) is 0 Å². The third-order valence-corrected chi connectivity index (χ3v) is 7.05. The van der Waals surface area contributed by atoms with Crippen LogP contribution in [-0.2, 0) is 10.0 Å². The molecule has 0 radical (unpaired) electrons. The van der Waals surface area contributed by atoms with E-state index in [4.69, 9.17) is 4.74 Å². The van der Waals surface area contributed by atoms with Crippen molar-refractivity contribution in [1.29, 1.82) is 0 Å². The Morgan fingerprint density at radius 2 is 1.60 bits per heavy atom. The number of hydrogen-bond donors (Lipinski definition) is 1. The van der Waals surface area contributed by atoms with E-state index in [1.165, 1.54) is 0 Å². The number of ether oxygens (including phenoxy) is 1. The summed E-state index contributed by atoms with van der Waals surface area (Å²) in [6.45, 7) is 4.07. The molecule has 1 aliphatic heterocycles. The van der Waals surface area contributed by atoms with Crippen LogP contribution in [0.1, 0.15) is 11.6 Å². The van der Waals surface area contributed by atoms with E-state index in [1.807, 2.05) is 14.1 Å². The SMILES string of the molecule is COc1ccc(S(=O)(=O)NC[C@@H](c2ccc(N(C)C)cc2)N2CCN(C)CC2)cc1. The van der Waals surface area contributed by atoms with Gasteiger partial charge in [-0.15, -0.1) is 0 Å². The van der Waals surface area contributed by atoms with Gasteiger partial charge in [-0.25, -0.2) is 13.1 Å². The highest BCUT2D eigenvalue weighted by Crippen LogP contribution is 2.25. The van der Waals surface area contributed by atoms with Crippen LogP contribution < -0.4 is 14.4 Å². The number of hydrogen-bond acceptors (Lipinski definition) is 6. The summed E-state index contributed by atoms with van der Waals surface area (Å²) in [5.74, 6) is 0.630. The molecule has 1 fully saturated rings. The molecule has 2 aromatic rings. The molecule has 2 aromatic carbocycles. The van der Waals surface area contributed by atoms with Crippen LogP contribution in [0.4, 0.5) is 5.69 Å². The first-order valence-electron chi connectivity index (χ1n) is 10.1. The first kappa shape index (κ1) is 22.6. The Bertz CT molecular complexity index is 906. The van der Waals surface area contributed by atoms with E-state index < -0.39 is 10.0 Å². The number of rotatable bonds is 8. The lowest BCUT2D eigenvalue weighted by molar-refractivity contribution is 0.113. The molecule has 7 nitrogen and oxygen atoms in total. The Labute approximate surface area is 180 Å². The number of likely N-dealkylation sites (N-methyl/N-ethyl adjacent to an activating group) is 1. The average Bonchev–Trinajstić information content (AvgIpc) is 2.75. The third kappa shape index (κ3) is 5.51. The topological polar surface area (TPSA) is 65.1 Å². The van der Waals surface area contributed by atoms with Crippen LogP contribution in [0.15, 0.2) is 53.4 Å². The van der Waals surface area contributed by atoms with Crippen molar-refractivity contribution < 1.29 is 13.2 Å². The monoisotopic (exact) mass is 432 g/mol. The maximum absolute atomic E-state index is 12.9. The summed E-state index contributed by atoms with van der Waals surface area (Å²) in [6.07, 6.45) is 0. The van der Waals surface area contributed by atoms with Gasteiger partial charge < -0.3 is 14.5 Å². The Balaban J connectivity index is 1.79. The van der Waals surface area contributed by atoms with E-state index in [0.717, 1.165) is 37.4 Å². The van der Waals surface area contributed by atoms with E-state index in [1.54, 1.807) is 31.4 Å². The quantitative estimate of drug-likeness (QED) is 0.689. The maximum Gasteiger partial charge on any atom is 0.240 e. The summed E-state index contributed by atoms with van der Waals surface area (Å²) in [4.78, 5) is 6.95. The van der Waals surface area contributed by atoms with Gasteiger partial charge in [0.25, 0.3) is 0 Å². The van der Waals surface area contributed by atoms with Crippen molar-refractivity contribution in [2.45, 2.75) is 10.9 Å². The van der Waals surface area contributed by atoms with Gasteiger partial charge in [0.15, 0.2) is 0 Å². The molecule has 0 saturated carbocycles. The largest absolute Gasteiger partial charge is 0.497 e. The van der Waals surface area contributed by atoms with Crippen molar-refractivity contribution >= 4 is 15.7 Å². The van der Waals surface area contributed by atoms with Crippen LogP contribution >= 0.6 is 0 Å². The molecule has 1 saturated heterocycles. The molecular weight excluding hydrogens is 400 g/mol. The third-order valence-electron chi connectivity index (χ3n) is 5.61. The van der Waals surface area contributed by atoms with E-state index in [-0.39, 0.29) is 10.9 Å². The summed E-state index contributed by atoms with van der Waals surface area (Å²) < 4.78 is 33.7. The molecule has 0 aromatic heterocycles. The van der Waals surface area contributed by atoms with E-state index >= 15 is 0 Å². The smallest absolute Gasteiger partial charge is 0.240 e. The van der Waals surface area contributed by atoms with Gasteiger partial charge in [0, 0.05) is 58.5 Å². The first-order chi connectivity index (χ1) is 14.3. The van der Waals surface area contributed by atoms with Crippen molar-refractivity contribution in [1.82, 2.24) is 14.5 Å². The zero-order valence-electron chi connectivity index (χ0n) is 18.2. The van der Waals surface area contributed by atoms with Crippen molar-refractivity contribution in [3.63, 3.8) is 0 Å². The van der Waals surface area contributed by atoms with Gasteiger partial charge in [-0.2, -0.15) is 0 Å². The predicted molar refractivity (Wildman–Crippen MR) is 121 cm³/mol. The molecule has 1 heterocycles. The number of methoxy groups -OCH3 is 1. The molecule has 0 unspecified atom stereocenters. The molecule has 1 atom stereocenters. The number of benzene rings is 2. The normalized spacial score (nSPS) is 16.9. The average molecular weight is 433 g/mol. The molecule has 0 amide bonds. The lowest BCUT2D eigenvalue weighted by Gasteiger charge is -2.38. The molecule has 0 aliphatic carbocycles. The van der Waals surface area contributed by atoms with Crippen LogP contribution in [0, 0.1) is 0 Å². The van der Waals surface area contributed by atoms with E-state index in [0.29, 0.717) is 12.3 Å². The van der Waals surface area contributed by atoms with Crippen LogP contribution in [-0.4, -0.2) is 79.2 Å². The zero-order chi connectivity index (χ0) is 21.7. The fraction of sp³-hybridized carbons (Fsp3) is 0.455. The highest BCUT2D eigenvalue weighted by Gasteiger charge is 2.26. The van der Waals surface area contributed by atoms with Gasteiger partial charge in [-0.1, -0.05) is 12.1 Å². The fourth-order valence-electron chi connectivity index (χ4n) is 3.61. The first-order valence-corrected chi connectivity index (χ1v) is 11.6. The van der Waals surface area contributed by atoms with Crippen molar-refractivity contribution in [3.05, 3.63) is 54.1 Å². The Kier molecular flexibility index (Phi) is 7.36. The summed E-state index contributed by atoms with van der Waals surface area (Å²) >= 11 is 0. The highest BCUT2D eigenvalue weighted by atomic mass is 32.2. The zero-order valence-corrected chi connectivity index (χ0v) is 19.0. The minimum Gasteiger partial charge on any atom is -0.497 e. The lowest BCUT2D eigenvalue weighted by atomic mass is 10.0. The van der Waals surface area contributed by atoms with Gasteiger partial charge in [-0.05, 0) is 49.0 Å². The molecule has 30 heavy (non-hydrogen) atoms. The number of nitrogens with one attached hydrogen (secondary N) is 1. The molecule has 3 rings (SSSR count). The van der Waals surface area contributed by atoms with Gasteiger partial charge in [0.2, 0.25) is 10.0 Å². The number of sulfonamides is 1. The number of piperazine rings is 1. The molecular formula is C22H32N4O3S. The second kappa shape index (κ2) is 9.78. The second-order valence-corrected chi connectivity index (χ2v) is 9.64. The standard InChI is InChI=1S/C22H32N4O3S/c1-24(2)19-7-5-18(6-8-19)22(26-15-13-25(3)14-16-26)17-23-30(27,28)21-11-9-20(29-4)10-12-21/h5-12,22-23H,13-17H2,1-4H3/t22-/m0/s1. The van der Waals surface area contributed by atoms with Crippen LogP contribution in [0.2, 0.25) is 0 Å². The second-order valence-electron chi connectivity index (χ2n) is 7.87. The van der Waals surface area contributed by atoms with Gasteiger partial charge in [-0.3, -0.25) is 4.90 Å². The van der Waals surface area contributed by atoms with Gasteiger partial charge >= 0.3 is 0 Å². The molecule has 0 bridgehead atoms. The predicted octanol–water partition coefficient (Wildman–Crippen LogP) is 2.03. The Morgan fingerprint density at radius 1 is 1.00 bits per heavy atom. The van der Waals surface area contributed by atoms with Crippen molar-refractivity contribution in [2.24, 2.45) is 0 Å².